The van der Waals surface area contributed by atoms with Gasteiger partial charge in [0.2, 0.25) is 0 Å². The van der Waals surface area contributed by atoms with Crippen molar-refractivity contribution in [1.29, 1.82) is 0 Å². The highest BCUT2D eigenvalue weighted by Gasteiger charge is 2.34. The Balaban J connectivity index is 2.32. The van der Waals surface area contributed by atoms with Crippen molar-refractivity contribution in [2.45, 2.75) is 19.4 Å². The number of nitrogens with zero attached hydrogens (tertiary/aromatic N) is 3. The molecule has 1 fully saturated rings. The van der Waals surface area contributed by atoms with E-state index in [1.165, 1.54) is 0 Å². The molecule has 0 spiro atoms. The van der Waals surface area contributed by atoms with Gasteiger partial charge in [0.15, 0.2) is 5.00 Å². The number of carbonyl (C=O) groups is 1. The van der Waals surface area contributed by atoms with Gasteiger partial charge in [-0.05, 0) is 30.4 Å². The smallest absolute Gasteiger partial charge is 0.412 e. The first-order chi connectivity index (χ1) is 9.00. The van der Waals surface area contributed by atoms with Crippen molar-refractivity contribution in [3.8, 4) is 0 Å². The largest absolute Gasteiger partial charge is 0.465 e. The van der Waals surface area contributed by atoms with E-state index in [0.29, 0.717) is 18.9 Å². The third-order valence-electron chi connectivity index (χ3n) is 3.07. The maximum absolute atomic E-state index is 11.4. The molecule has 9 heteroatoms. The summed E-state index contributed by atoms with van der Waals surface area (Å²) in [6.45, 7) is 3.33. The predicted octanol–water partition coefficient (Wildman–Crippen LogP) is 1.53. The Labute approximate surface area is 113 Å². The molecule has 2 N–H and O–H groups in total. The molecule has 1 saturated heterocycles. The van der Waals surface area contributed by atoms with Crippen molar-refractivity contribution in [2.75, 3.05) is 18.0 Å². The van der Waals surface area contributed by atoms with E-state index in [9.17, 15) is 20.0 Å². The summed E-state index contributed by atoms with van der Waals surface area (Å²) in [4.78, 5) is 22.8. The molecule has 104 valence electrons. The van der Waals surface area contributed by atoms with Crippen LogP contribution in [-0.2, 0) is 0 Å². The van der Waals surface area contributed by atoms with Crippen LogP contribution in [0.25, 0.3) is 0 Å². The molecule has 1 aromatic rings. The van der Waals surface area contributed by atoms with Gasteiger partial charge in [0.25, 0.3) is 0 Å². The zero-order chi connectivity index (χ0) is 14.0. The molecule has 2 unspecified atom stereocenters. The minimum absolute atomic E-state index is 0.0819. The van der Waals surface area contributed by atoms with E-state index in [-0.39, 0.29) is 16.7 Å². The second-order valence-corrected chi connectivity index (χ2v) is 5.36. The van der Waals surface area contributed by atoms with E-state index < -0.39 is 11.0 Å². The molecule has 0 saturated carbocycles. The van der Waals surface area contributed by atoms with Crippen LogP contribution in [0.4, 0.5) is 15.5 Å². The average molecular weight is 286 g/mol. The zero-order valence-corrected chi connectivity index (χ0v) is 11.1. The van der Waals surface area contributed by atoms with Gasteiger partial charge in [-0.15, -0.1) is 0 Å². The highest BCUT2D eigenvalue weighted by atomic mass is 32.1. The van der Waals surface area contributed by atoms with Gasteiger partial charge in [0.05, 0.1) is 11.0 Å². The van der Waals surface area contributed by atoms with E-state index in [1.54, 1.807) is 0 Å². The third-order valence-corrected chi connectivity index (χ3v) is 3.86. The van der Waals surface area contributed by atoms with Crippen molar-refractivity contribution in [3.63, 3.8) is 0 Å². The molecule has 2 rings (SSSR count). The molecular formula is C10H14N4O4S. The Morgan fingerprint density at radius 2 is 2.42 bits per heavy atom. The molecular weight excluding hydrogens is 272 g/mol. The van der Waals surface area contributed by atoms with Crippen LogP contribution in [0.1, 0.15) is 13.3 Å². The Morgan fingerprint density at radius 1 is 1.68 bits per heavy atom. The zero-order valence-electron chi connectivity index (χ0n) is 10.3. The van der Waals surface area contributed by atoms with E-state index in [0.717, 1.165) is 29.2 Å². The lowest BCUT2D eigenvalue weighted by atomic mass is 9.97. The number of hydrogen-bond donors (Lipinski definition) is 2. The fraction of sp³-hybridized carbons (Fsp3) is 0.600. The van der Waals surface area contributed by atoms with Crippen LogP contribution in [0.2, 0.25) is 0 Å². The Bertz CT molecular complexity index is 492. The summed E-state index contributed by atoms with van der Waals surface area (Å²) in [5, 5.41) is 23.5. The van der Waals surface area contributed by atoms with Crippen molar-refractivity contribution in [2.24, 2.45) is 5.92 Å². The molecule has 0 aromatic carbocycles. The van der Waals surface area contributed by atoms with Crippen molar-refractivity contribution in [1.82, 2.24) is 9.69 Å². The van der Waals surface area contributed by atoms with Gasteiger partial charge >= 0.3 is 11.8 Å². The summed E-state index contributed by atoms with van der Waals surface area (Å²) in [7, 11) is 0. The number of anilines is 1. The summed E-state index contributed by atoms with van der Waals surface area (Å²) in [6, 6.07) is -0.305. The van der Waals surface area contributed by atoms with Gasteiger partial charge in [-0.25, -0.2) is 4.79 Å². The van der Waals surface area contributed by atoms with Crippen LogP contribution in [0.3, 0.4) is 0 Å². The van der Waals surface area contributed by atoms with Crippen molar-refractivity contribution >= 4 is 28.3 Å². The molecule has 19 heavy (non-hydrogen) atoms. The number of aromatic nitrogens is 1. The van der Waals surface area contributed by atoms with Gasteiger partial charge in [-0.2, -0.15) is 4.37 Å². The summed E-state index contributed by atoms with van der Waals surface area (Å²) in [5.74, 6) is 0.326. The first-order valence-electron chi connectivity index (χ1n) is 5.82. The molecule has 1 aromatic heterocycles. The number of piperidine rings is 1. The summed E-state index contributed by atoms with van der Waals surface area (Å²) < 4.78 is 3.74. The van der Waals surface area contributed by atoms with E-state index in [4.69, 9.17) is 0 Å². The van der Waals surface area contributed by atoms with Crippen LogP contribution in [-0.4, -0.2) is 39.6 Å². The molecule has 2 atom stereocenters. The van der Waals surface area contributed by atoms with Gasteiger partial charge in [-0.3, -0.25) is 15.0 Å². The second kappa shape index (κ2) is 5.49. The SMILES string of the molecule is CC1CNCC(N(C(=O)O)c2sncc2[N+](=O)[O-])C1. The van der Waals surface area contributed by atoms with Gasteiger partial charge < -0.3 is 10.4 Å². The van der Waals surface area contributed by atoms with Crippen LogP contribution in [0.5, 0.6) is 0 Å². The highest BCUT2D eigenvalue weighted by Crippen LogP contribution is 2.35. The fourth-order valence-corrected chi connectivity index (χ4v) is 3.04. The molecule has 0 aliphatic carbocycles. The number of nitro groups is 1. The van der Waals surface area contributed by atoms with Crippen LogP contribution in [0.15, 0.2) is 6.20 Å². The minimum atomic E-state index is -1.19. The average Bonchev–Trinajstić information content (AvgIpc) is 2.78. The molecule has 8 nitrogen and oxygen atoms in total. The van der Waals surface area contributed by atoms with Crippen LogP contribution in [0, 0.1) is 16.0 Å². The van der Waals surface area contributed by atoms with Crippen LogP contribution < -0.4 is 10.2 Å². The number of amides is 1. The maximum atomic E-state index is 11.4. The molecule has 0 bridgehead atoms. The maximum Gasteiger partial charge on any atom is 0.412 e. The first-order valence-corrected chi connectivity index (χ1v) is 6.60. The number of carboxylic acid groups (broad SMARTS) is 1. The monoisotopic (exact) mass is 286 g/mol. The molecule has 1 aliphatic heterocycles. The van der Waals surface area contributed by atoms with Gasteiger partial charge in [0, 0.05) is 6.54 Å². The Hall–Kier alpha value is -1.74. The normalized spacial score (nSPS) is 23.0. The Morgan fingerprint density at radius 3 is 3.00 bits per heavy atom. The predicted molar refractivity (Wildman–Crippen MR) is 69.7 cm³/mol. The molecule has 1 amide bonds. The van der Waals surface area contributed by atoms with Crippen molar-refractivity contribution < 1.29 is 14.8 Å². The lowest BCUT2D eigenvalue weighted by Gasteiger charge is -2.33. The summed E-state index contributed by atoms with van der Waals surface area (Å²) in [6.07, 6.45) is 0.581. The van der Waals surface area contributed by atoms with Crippen LogP contribution >= 0.6 is 11.5 Å². The van der Waals surface area contributed by atoms with Gasteiger partial charge in [0.1, 0.15) is 6.20 Å². The minimum Gasteiger partial charge on any atom is -0.465 e. The number of nitrogens with one attached hydrogen (secondary N) is 1. The first kappa shape index (κ1) is 13.7. The summed E-state index contributed by atoms with van der Waals surface area (Å²) in [5.41, 5.74) is -0.259. The third kappa shape index (κ3) is 2.82. The quantitative estimate of drug-likeness (QED) is 0.644. The standard InChI is InChI=1S/C10H14N4O4S/c1-6-2-7(4-11-3-6)13(10(15)16)9-8(14(17)18)5-12-19-9/h5-7,11H,2-4H2,1H3,(H,15,16). The highest BCUT2D eigenvalue weighted by molar-refractivity contribution is 7.11. The second-order valence-electron chi connectivity index (χ2n) is 4.58. The van der Waals surface area contributed by atoms with Gasteiger partial charge in [-0.1, -0.05) is 6.92 Å². The lowest BCUT2D eigenvalue weighted by Crippen LogP contribution is -2.50. The molecule has 2 heterocycles. The summed E-state index contributed by atoms with van der Waals surface area (Å²) >= 11 is 0.835. The topological polar surface area (TPSA) is 109 Å². The van der Waals surface area contributed by atoms with E-state index in [1.807, 2.05) is 6.92 Å². The number of hydrogen-bond acceptors (Lipinski definition) is 6. The lowest BCUT2D eigenvalue weighted by molar-refractivity contribution is -0.383. The fourth-order valence-electron chi connectivity index (χ4n) is 2.25. The molecule has 0 radical (unpaired) electrons. The molecule has 1 aliphatic rings. The van der Waals surface area contributed by atoms with Crippen molar-refractivity contribution in [3.05, 3.63) is 16.3 Å². The van der Waals surface area contributed by atoms with E-state index in [2.05, 4.69) is 9.69 Å². The number of rotatable bonds is 3. The van der Waals surface area contributed by atoms with E-state index >= 15 is 0 Å². The Kier molecular flexibility index (Phi) is 3.96.